The van der Waals surface area contributed by atoms with E-state index in [1.807, 2.05) is 5.38 Å². The molecule has 2 aromatic rings. The number of halogens is 1. The lowest BCUT2D eigenvalue weighted by atomic mass is 9.96. The minimum absolute atomic E-state index is 0.203. The minimum atomic E-state index is -1.09. The average Bonchev–Trinajstić information content (AvgIpc) is 3.03. The quantitative estimate of drug-likeness (QED) is 0.761. The molecule has 0 radical (unpaired) electrons. The Morgan fingerprint density at radius 3 is 2.81 bits per heavy atom. The Morgan fingerprint density at radius 1 is 1.31 bits per heavy atom. The first-order valence-electron chi connectivity index (χ1n) is 8.55. The second-order valence-electron chi connectivity index (χ2n) is 6.52. The zero-order valence-corrected chi connectivity index (χ0v) is 15.1. The molecule has 0 saturated carbocycles. The van der Waals surface area contributed by atoms with Gasteiger partial charge in [0.05, 0.1) is 24.4 Å². The molecule has 1 aromatic heterocycles. The Morgan fingerprint density at radius 2 is 2.08 bits per heavy atom. The van der Waals surface area contributed by atoms with Crippen molar-refractivity contribution in [1.82, 2.24) is 15.2 Å². The maximum absolute atomic E-state index is 13.0. The van der Waals surface area contributed by atoms with Gasteiger partial charge in [0.25, 0.3) is 0 Å². The van der Waals surface area contributed by atoms with E-state index in [9.17, 15) is 19.4 Å². The number of rotatable bonds is 4. The number of aromatic nitrogens is 1. The van der Waals surface area contributed by atoms with Crippen LogP contribution in [0.15, 0.2) is 29.6 Å². The summed E-state index contributed by atoms with van der Waals surface area (Å²) in [6, 6.07) is 5.93. The molecule has 3 rings (SSSR count). The number of nitrogens with one attached hydrogen (secondary N) is 1. The van der Waals surface area contributed by atoms with Crippen LogP contribution in [0.2, 0.25) is 0 Å². The zero-order valence-electron chi connectivity index (χ0n) is 14.3. The Hall–Kier alpha value is -2.03. The summed E-state index contributed by atoms with van der Waals surface area (Å²) < 4.78 is 13.0. The number of amides is 2. The van der Waals surface area contributed by atoms with E-state index in [1.54, 1.807) is 17.0 Å². The summed E-state index contributed by atoms with van der Waals surface area (Å²) in [6.45, 7) is 0.980. The van der Waals surface area contributed by atoms with E-state index >= 15 is 0 Å². The maximum Gasteiger partial charge on any atom is 0.317 e. The van der Waals surface area contributed by atoms with Crippen molar-refractivity contribution in [3.8, 4) is 11.3 Å². The van der Waals surface area contributed by atoms with Crippen molar-refractivity contribution in [2.24, 2.45) is 0 Å². The normalized spacial score (nSPS) is 20.7. The lowest BCUT2D eigenvalue weighted by molar-refractivity contribution is -0.0248. The van der Waals surface area contributed by atoms with Gasteiger partial charge >= 0.3 is 6.03 Å². The van der Waals surface area contributed by atoms with Crippen LogP contribution in [-0.4, -0.2) is 51.4 Å². The molecule has 1 saturated heterocycles. The van der Waals surface area contributed by atoms with Gasteiger partial charge in [0.1, 0.15) is 10.8 Å². The van der Waals surface area contributed by atoms with Gasteiger partial charge in [-0.1, -0.05) is 0 Å². The summed E-state index contributed by atoms with van der Waals surface area (Å²) in [7, 11) is 0. The molecule has 3 N–H and O–H groups in total. The largest absolute Gasteiger partial charge is 0.393 e. The van der Waals surface area contributed by atoms with Crippen LogP contribution in [0.4, 0.5) is 9.18 Å². The molecule has 1 atom stereocenters. The monoisotopic (exact) mass is 379 g/mol. The highest BCUT2D eigenvalue weighted by Crippen LogP contribution is 2.23. The molecule has 1 aliphatic rings. The van der Waals surface area contributed by atoms with Crippen LogP contribution >= 0.6 is 11.3 Å². The predicted molar refractivity (Wildman–Crippen MR) is 97.2 cm³/mol. The second-order valence-corrected chi connectivity index (χ2v) is 7.46. The molecule has 0 unspecified atom stereocenters. The van der Waals surface area contributed by atoms with Crippen LogP contribution in [0.25, 0.3) is 11.3 Å². The number of nitrogens with zero attached hydrogens (tertiary/aromatic N) is 2. The van der Waals surface area contributed by atoms with Crippen molar-refractivity contribution in [3.63, 3.8) is 0 Å². The number of hydrogen-bond donors (Lipinski definition) is 3. The first kappa shape index (κ1) is 18.8. The van der Waals surface area contributed by atoms with Crippen LogP contribution < -0.4 is 5.32 Å². The van der Waals surface area contributed by atoms with Crippen LogP contribution in [0.5, 0.6) is 0 Å². The number of carbonyl (C=O) groups excluding carboxylic acids is 1. The van der Waals surface area contributed by atoms with E-state index in [2.05, 4.69) is 10.3 Å². The van der Waals surface area contributed by atoms with Gasteiger partial charge < -0.3 is 20.4 Å². The molecule has 26 heavy (non-hydrogen) atoms. The van der Waals surface area contributed by atoms with E-state index in [4.69, 9.17) is 0 Å². The molecular formula is C18H22FN3O3S. The van der Waals surface area contributed by atoms with E-state index in [1.165, 1.54) is 23.5 Å². The number of urea groups is 1. The Balaban J connectivity index is 1.54. The van der Waals surface area contributed by atoms with Gasteiger partial charge in [-0.05, 0) is 43.5 Å². The van der Waals surface area contributed by atoms with Crippen molar-refractivity contribution in [2.75, 3.05) is 19.7 Å². The molecule has 2 heterocycles. The van der Waals surface area contributed by atoms with E-state index in [0.717, 1.165) is 16.3 Å². The van der Waals surface area contributed by atoms with Gasteiger partial charge in [-0.2, -0.15) is 0 Å². The van der Waals surface area contributed by atoms with Gasteiger partial charge in [0, 0.05) is 24.0 Å². The molecule has 0 bridgehead atoms. The summed E-state index contributed by atoms with van der Waals surface area (Å²) in [4.78, 5) is 18.5. The number of likely N-dealkylation sites (tertiary alicyclic amines) is 1. The third-order valence-corrected chi connectivity index (χ3v) is 5.43. The number of hydrogen-bond acceptors (Lipinski definition) is 5. The van der Waals surface area contributed by atoms with E-state index in [-0.39, 0.29) is 18.5 Å². The number of aliphatic hydroxyl groups is 2. The summed E-state index contributed by atoms with van der Waals surface area (Å²) >= 11 is 1.43. The minimum Gasteiger partial charge on any atom is -0.393 e. The third-order valence-electron chi connectivity index (χ3n) is 4.58. The van der Waals surface area contributed by atoms with Gasteiger partial charge in [-0.3, -0.25) is 0 Å². The first-order valence-corrected chi connectivity index (χ1v) is 9.43. The fraction of sp³-hybridized carbons (Fsp3) is 0.444. The molecule has 1 aromatic carbocycles. The standard InChI is InChI=1S/C18H22FN3O3S/c19-14-4-2-13(3-5-14)15-11-26-16(21-15)10-20-17(24)22-8-1-6-18(25,12-23)7-9-22/h2-5,11,23,25H,1,6-10,12H2,(H,20,24)/t18-/m0/s1. The topological polar surface area (TPSA) is 85.7 Å². The van der Waals surface area contributed by atoms with Crippen molar-refractivity contribution >= 4 is 17.4 Å². The third kappa shape index (κ3) is 4.57. The SMILES string of the molecule is O=C(NCc1nc(-c2ccc(F)cc2)cs1)N1CCC[C@@](O)(CO)CC1. The van der Waals surface area contributed by atoms with Gasteiger partial charge in [-0.25, -0.2) is 14.2 Å². The Kier molecular flexibility index (Phi) is 5.85. The van der Waals surface area contributed by atoms with Crippen LogP contribution in [0.1, 0.15) is 24.3 Å². The first-order chi connectivity index (χ1) is 12.5. The molecule has 140 valence electrons. The van der Waals surface area contributed by atoms with Crippen molar-refractivity contribution < 1.29 is 19.4 Å². The summed E-state index contributed by atoms with van der Waals surface area (Å²) in [5.41, 5.74) is 0.493. The predicted octanol–water partition coefficient (Wildman–Crippen LogP) is 2.37. The highest BCUT2D eigenvalue weighted by atomic mass is 32.1. The smallest absolute Gasteiger partial charge is 0.317 e. The Bertz CT molecular complexity index is 752. The molecule has 2 amide bonds. The van der Waals surface area contributed by atoms with Gasteiger partial charge in [0.15, 0.2) is 0 Å². The number of aliphatic hydroxyl groups excluding tert-OH is 1. The number of benzene rings is 1. The van der Waals surface area contributed by atoms with Crippen molar-refractivity contribution in [1.29, 1.82) is 0 Å². The molecule has 1 aliphatic heterocycles. The van der Waals surface area contributed by atoms with Crippen LogP contribution in [-0.2, 0) is 6.54 Å². The lowest BCUT2D eigenvalue weighted by Crippen LogP contribution is -2.41. The molecule has 0 spiro atoms. The molecule has 6 nitrogen and oxygen atoms in total. The van der Waals surface area contributed by atoms with E-state index < -0.39 is 5.60 Å². The molecule has 1 fully saturated rings. The van der Waals surface area contributed by atoms with Crippen LogP contribution in [0.3, 0.4) is 0 Å². The van der Waals surface area contributed by atoms with Gasteiger partial charge in [-0.15, -0.1) is 11.3 Å². The highest BCUT2D eigenvalue weighted by Gasteiger charge is 2.30. The molecular weight excluding hydrogens is 357 g/mol. The van der Waals surface area contributed by atoms with Gasteiger partial charge in [0.2, 0.25) is 0 Å². The van der Waals surface area contributed by atoms with Crippen molar-refractivity contribution in [2.45, 2.75) is 31.4 Å². The number of thiazole rings is 1. The molecule has 8 heteroatoms. The lowest BCUT2D eigenvalue weighted by Gasteiger charge is -2.24. The van der Waals surface area contributed by atoms with E-state index in [0.29, 0.717) is 38.9 Å². The fourth-order valence-corrected chi connectivity index (χ4v) is 3.69. The summed E-state index contributed by atoms with van der Waals surface area (Å²) in [5.74, 6) is -0.290. The second kappa shape index (κ2) is 8.11. The summed E-state index contributed by atoms with van der Waals surface area (Å²) in [5, 5.41) is 24.9. The van der Waals surface area contributed by atoms with Crippen LogP contribution in [0, 0.1) is 5.82 Å². The average molecular weight is 379 g/mol. The zero-order chi connectivity index (χ0) is 18.6. The molecule has 0 aliphatic carbocycles. The highest BCUT2D eigenvalue weighted by molar-refractivity contribution is 7.09. The fourth-order valence-electron chi connectivity index (χ4n) is 2.95. The maximum atomic E-state index is 13.0. The van der Waals surface area contributed by atoms with Crippen molar-refractivity contribution in [3.05, 3.63) is 40.5 Å². The number of carbonyl (C=O) groups is 1. The summed E-state index contributed by atoms with van der Waals surface area (Å²) in [6.07, 6.45) is 1.50. The Labute approximate surface area is 155 Å².